The Morgan fingerprint density at radius 3 is 2.63 bits per heavy atom. The van der Waals surface area contributed by atoms with Gasteiger partial charge < -0.3 is 5.32 Å². The smallest absolute Gasteiger partial charge is 0.237 e. The van der Waals surface area contributed by atoms with E-state index in [-0.39, 0.29) is 23.1 Å². The zero-order valence-corrected chi connectivity index (χ0v) is 18.2. The van der Waals surface area contributed by atoms with Crippen molar-refractivity contribution in [1.29, 1.82) is 0 Å². The lowest BCUT2D eigenvalue weighted by molar-refractivity contribution is -0.121. The number of anilines is 1. The van der Waals surface area contributed by atoms with Gasteiger partial charge in [-0.05, 0) is 45.1 Å². The highest BCUT2D eigenvalue weighted by Gasteiger charge is 2.43. The summed E-state index contributed by atoms with van der Waals surface area (Å²) in [5.74, 6) is 0.232. The van der Waals surface area contributed by atoms with Crippen molar-refractivity contribution in [3.05, 3.63) is 22.4 Å². The van der Waals surface area contributed by atoms with Crippen molar-refractivity contribution < 1.29 is 9.59 Å². The van der Waals surface area contributed by atoms with Crippen LogP contribution in [0.25, 0.3) is 0 Å². The van der Waals surface area contributed by atoms with Crippen LogP contribution >= 0.6 is 34.4 Å². The molecule has 1 saturated carbocycles. The number of carbonyl (C=O) groups is 2. The van der Waals surface area contributed by atoms with Crippen LogP contribution in [0.4, 0.5) is 5.13 Å². The highest BCUT2D eigenvalue weighted by molar-refractivity contribution is 8.01. The fourth-order valence-corrected chi connectivity index (χ4v) is 5.76. The molecule has 27 heavy (non-hydrogen) atoms. The average Bonchev–Trinajstić information content (AvgIpc) is 3.32. The third-order valence-electron chi connectivity index (χ3n) is 4.35. The summed E-state index contributed by atoms with van der Waals surface area (Å²) in [7, 11) is 0. The molecule has 6 nitrogen and oxygen atoms in total. The molecule has 0 radical (unpaired) electrons. The fraction of sp³-hybridized carbons (Fsp3) is 0.556. The van der Waals surface area contributed by atoms with E-state index in [1.165, 1.54) is 23.1 Å². The van der Waals surface area contributed by atoms with Crippen LogP contribution in [-0.4, -0.2) is 33.3 Å². The van der Waals surface area contributed by atoms with Crippen LogP contribution in [0.1, 0.15) is 51.3 Å². The molecule has 2 heterocycles. The standard InChI is InChI=1S/C18H24N4O2S3/c1-17(2,3)20-13(23)11-26-16-22-21-15(27-16)19-14(24)18(8-4-5-9-18)12-7-6-10-25-12/h6-7,10H,4-5,8-9,11H2,1-3H3,(H,20,23)(H,19,21,24). The Balaban J connectivity index is 1.60. The molecule has 2 N–H and O–H groups in total. The maximum Gasteiger partial charge on any atom is 0.237 e. The van der Waals surface area contributed by atoms with Crippen LogP contribution in [0.5, 0.6) is 0 Å². The molecule has 0 bridgehead atoms. The Hall–Kier alpha value is -1.45. The van der Waals surface area contributed by atoms with E-state index in [2.05, 4.69) is 20.8 Å². The Bertz CT molecular complexity index is 790. The van der Waals surface area contributed by atoms with Crippen LogP contribution in [0.3, 0.4) is 0 Å². The van der Waals surface area contributed by atoms with Gasteiger partial charge in [-0.15, -0.1) is 21.5 Å². The molecule has 0 saturated heterocycles. The van der Waals surface area contributed by atoms with E-state index in [1.54, 1.807) is 11.3 Å². The van der Waals surface area contributed by atoms with E-state index in [9.17, 15) is 9.59 Å². The van der Waals surface area contributed by atoms with Gasteiger partial charge in [0.15, 0.2) is 4.34 Å². The van der Waals surface area contributed by atoms with Crippen molar-refractivity contribution in [3.63, 3.8) is 0 Å². The molecule has 0 spiro atoms. The Morgan fingerprint density at radius 2 is 2.00 bits per heavy atom. The third-order valence-corrected chi connectivity index (χ3v) is 7.40. The second kappa shape index (κ2) is 8.28. The van der Waals surface area contributed by atoms with Crippen molar-refractivity contribution in [2.24, 2.45) is 0 Å². The summed E-state index contributed by atoms with van der Waals surface area (Å²) < 4.78 is 0.672. The number of aromatic nitrogens is 2. The number of amides is 2. The summed E-state index contributed by atoms with van der Waals surface area (Å²) >= 11 is 4.27. The molecular weight excluding hydrogens is 400 g/mol. The molecule has 3 rings (SSSR count). The van der Waals surface area contributed by atoms with Crippen LogP contribution in [0.2, 0.25) is 0 Å². The lowest BCUT2D eigenvalue weighted by Gasteiger charge is -2.25. The SMILES string of the molecule is CC(C)(C)NC(=O)CSc1nnc(NC(=O)C2(c3cccs3)CCCC2)s1. The minimum atomic E-state index is -0.445. The van der Waals surface area contributed by atoms with Gasteiger partial charge in [0.1, 0.15) is 0 Å². The van der Waals surface area contributed by atoms with E-state index in [1.807, 2.05) is 38.3 Å². The summed E-state index contributed by atoms with van der Waals surface area (Å²) in [6.45, 7) is 5.84. The second-order valence-electron chi connectivity index (χ2n) is 7.68. The van der Waals surface area contributed by atoms with Crippen LogP contribution in [0, 0.1) is 0 Å². The molecule has 0 aromatic carbocycles. The van der Waals surface area contributed by atoms with E-state index < -0.39 is 5.41 Å². The molecular formula is C18H24N4O2S3. The Kier molecular flexibility index (Phi) is 6.22. The highest BCUT2D eigenvalue weighted by atomic mass is 32.2. The van der Waals surface area contributed by atoms with E-state index in [0.717, 1.165) is 30.6 Å². The number of hydrogen-bond acceptors (Lipinski definition) is 7. The molecule has 0 aliphatic heterocycles. The van der Waals surface area contributed by atoms with Gasteiger partial charge in [0.25, 0.3) is 0 Å². The number of thioether (sulfide) groups is 1. The summed E-state index contributed by atoms with van der Waals surface area (Å²) in [6, 6.07) is 4.04. The predicted octanol–water partition coefficient (Wildman–Crippen LogP) is 4.06. The minimum absolute atomic E-state index is 0.000579. The first kappa shape index (κ1) is 20.3. The fourth-order valence-electron chi connectivity index (χ4n) is 3.23. The molecule has 0 unspecified atom stereocenters. The first-order valence-electron chi connectivity index (χ1n) is 8.91. The Morgan fingerprint density at radius 1 is 1.26 bits per heavy atom. The predicted molar refractivity (Wildman–Crippen MR) is 112 cm³/mol. The van der Waals surface area contributed by atoms with Crippen LogP contribution < -0.4 is 10.6 Å². The summed E-state index contributed by atoms with van der Waals surface area (Å²) in [6.07, 6.45) is 3.86. The summed E-state index contributed by atoms with van der Waals surface area (Å²) in [5, 5.41) is 16.5. The number of nitrogens with one attached hydrogen (secondary N) is 2. The highest BCUT2D eigenvalue weighted by Crippen LogP contribution is 2.44. The van der Waals surface area contributed by atoms with E-state index in [0.29, 0.717) is 9.47 Å². The lowest BCUT2D eigenvalue weighted by atomic mass is 9.83. The lowest BCUT2D eigenvalue weighted by Crippen LogP contribution is -2.41. The molecule has 0 atom stereocenters. The zero-order chi connectivity index (χ0) is 19.5. The summed E-state index contributed by atoms with van der Waals surface area (Å²) in [5.41, 5.74) is -0.699. The minimum Gasteiger partial charge on any atom is -0.351 e. The van der Waals surface area contributed by atoms with Crippen LogP contribution in [0.15, 0.2) is 21.9 Å². The number of rotatable bonds is 6. The third kappa shape index (κ3) is 5.08. The molecule has 1 aliphatic rings. The van der Waals surface area contributed by atoms with E-state index in [4.69, 9.17) is 0 Å². The number of nitrogens with zero attached hydrogens (tertiary/aromatic N) is 2. The zero-order valence-electron chi connectivity index (χ0n) is 15.7. The quantitative estimate of drug-likeness (QED) is 0.540. The maximum atomic E-state index is 13.0. The van der Waals surface area contributed by atoms with Gasteiger partial charge in [0.2, 0.25) is 16.9 Å². The normalized spacial score (nSPS) is 16.3. The van der Waals surface area contributed by atoms with Crippen molar-refractivity contribution in [2.45, 2.75) is 61.7 Å². The monoisotopic (exact) mass is 424 g/mol. The van der Waals surface area contributed by atoms with Gasteiger partial charge in [0, 0.05) is 10.4 Å². The first-order chi connectivity index (χ1) is 12.8. The molecule has 2 amide bonds. The van der Waals surface area contributed by atoms with Crippen molar-refractivity contribution in [2.75, 3.05) is 11.1 Å². The average molecular weight is 425 g/mol. The van der Waals surface area contributed by atoms with Crippen molar-refractivity contribution in [3.8, 4) is 0 Å². The molecule has 2 aromatic heterocycles. The Labute approximate surface area is 171 Å². The van der Waals surface area contributed by atoms with E-state index >= 15 is 0 Å². The number of thiophene rings is 1. The van der Waals surface area contributed by atoms with Gasteiger partial charge in [-0.25, -0.2) is 0 Å². The molecule has 146 valence electrons. The van der Waals surface area contributed by atoms with Gasteiger partial charge in [-0.3, -0.25) is 14.9 Å². The molecule has 1 aliphatic carbocycles. The molecule has 1 fully saturated rings. The first-order valence-corrected chi connectivity index (χ1v) is 11.6. The van der Waals surface area contributed by atoms with Gasteiger partial charge in [0.05, 0.1) is 11.2 Å². The van der Waals surface area contributed by atoms with Gasteiger partial charge >= 0.3 is 0 Å². The number of carbonyl (C=O) groups excluding carboxylic acids is 2. The largest absolute Gasteiger partial charge is 0.351 e. The molecule has 2 aromatic rings. The maximum absolute atomic E-state index is 13.0. The number of hydrogen-bond donors (Lipinski definition) is 2. The van der Waals surface area contributed by atoms with Crippen LogP contribution in [-0.2, 0) is 15.0 Å². The van der Waals surface area contributed by atoms with Crippen molar-refractivity contribution in [1.82, 2.24) is 15.5 Å². The van der Waals surface area contributed by atoms with Gasteiger partial charge in [-0.1, -0.05) is 42.0 Å². The summed E-state index contributed by atoms with van der Waals surface area (Å²) in [4.78, 5) is 26.1. The molecule has 9 heteroatoms. The van der Waals surface area contributed by atoms with Gasteiger partial charge in [-0.2, -0.15) is 0 Å². The van der Waals surface area contributed by atoms with Crippen molar-refractivity contribution >= 4 is 51.4 Å². The second-order valence-corrected chi connectivity index (χ2v) is 10.8. The topological polar surface area (TPSA) is 84.0 Å².